The van der Waals surface area contributed by atoms with E-state index in [2.05, 4.69) is 17.0 Å². The van der Waals surface area contributed by atoms with Crippen molar-refractivity contribution in [3.05, 3.63) is 58.7 Å². The molecule has 0 aromatic heterocycles. The van der Waals surface area contributed by atoms with Crippen molar-refractivity contribution in [2.75, 3.05) is 27.3 Å². The van der Waals surface area contributed by atoms with Gasteiger partial charge in [-0.25, -0.2) is 0 Å². The molecule has 1 saturated heterocycles. The van der Waals surface area contributed by atoms with E-state index in [0.717, 1.165) is 32.5 Å². The Bertz CT molecular complexity index is 967. The number of fused-ring (bicyclic) bond motifs is 1. The lowest BCUT2D eigenvalue weighted by molar-refractivity contribution is -0.139. The van der Waals surface area contributed by atoms with Gasteiger partial charge in [0.25, 0.3) is 0 Å². The highest BCUT2D eigenvalue weighted by molar-refractivity contribution is 6.04. The summed E-state index contributed by atoms with van der Waals surface area (Å²) in [6.45, 7) is 2.77. The Morgan fingerprint density at radius 2 is 1.75 bits per heavy atom. The number of nitrogens with zero attached hydrogens (tertiary/aromatic N) is 1. The average molecular weight is 447 g/mol. The Kier molecular flexibility index (Phi) is 6.47. The Morgan fingerprint density at radius 1 is 1.06 bits per heavy atom. The summed E-state index contributed by atoms with van der Waals surface area (Å²) in [5.41, 5.74) is 0.447. The molecular formula is C25H28F3NO3. The van der Waals surface area contributed by atoms with E-state index in [1.807, 2.05) is 18.2 Å². The van der Waals surface area contributed by atoms with E-state index in [1.54, 1.807) is 0 Å². The fourth-order valence-corrected chi connectivity index (χ4v) is 5.14. The van der Waals surface area contributed by atoms with E-state index in [0.29, 0.717) is 24.3 Å². The second kappa shape index (κ2) is 9.14. The number of carbonyl (C=O) groups excluding carboxylic acids is 1. The first-order chi connectivity index (χ1) is 15.3. The van der Waals surface area contributed by atoms with Gasteiger partial charge in [-0.15, -0.1) is 0 Å². The molecule has 0 radical (unpaired) electrons. The SMILES string of the molecule is COc1cc2c(c(C(F)(F)F)c1OC)C(=O)C(CC1CCN(Cc3ccccc3)CC1)C2. The molecule has 2 aromatic rings. The molecule has 0 spiro atoms. The first-order valence-electron chi connectivity index (χ1n) is 11.0. The zero-order chi connectivity index (χ0) is 22.9. The largest absolute Gasteiger partial charge is 0.493 e. The summed E-state index contributed by atoms with van der Waals surface area (Å²) in [5, 5.41) is 0. The lowest BCUT2D eigenvalue weighted by atomic mass is 9.85. The first-order valence-corrected chi connectivity index (χ1v) is 11.0. The summed E-state index contributed by atoms with van der Waals surface area (Å²) >= 11 is 0. The fraction of sp³-hybridized carbons (Fsp3) is 0.480. The van der Waals surface area contributed by atoms with E-state index in [-0.39, 0.29) is 11.3 Å². The van der Waals surface area contributed by atoms with Crippen LogP contribution in [0.1, 0.15) is 46.3 Å². The Balaban J connectivity index is 1.45. The zero-order valence-electron chi connectivity index (χ0n) is 18.4. The predicted molar refractivity (Wildman–Crippen MR) is 115 cm³/mol. The third-order valence-electron chi connectivity index (χ3n) is 6.69. The van der Waals surface area contributed by atoms with Crippen molar-refractivity contribution >= 4 is 5.78 Å². The van der Waals surface area contributed by atoms with Gasteiger partial charge in [0.05, 0.1) is 14.2 Å². The van der Waals surface area contributed by atoms with Crippen LogP contribution in [0.15, 0.2) is 36.4 Å². The van der Waals surface area contributed by atoms with Gasteiger partial charge in [0, 0.05) is 18.0 Å². The van der Waals surface area contributed by atoms with Crippen molar-refractivity contribution in [1.29, 1.82) is 0 Å². The minimum atomic E-state index is -4.70. The van der Waals surface area contributed by atoms with Crippen LogP contribution in [0.25, 0.3) is 0 Å². The van der Waals surface area contributed by atoms with Gasteiger partial charge in [-0.3, -0.25) is 9.69 Å². The monoisotopic (exact) mass is 447 g/mol. The van der Waals surface area contributed by atoms with Crippen LogP contribution in [-0.2, 0) is 19.1 Å². The number of ether oxygens (including phenoxy) is 2. The Labute approximate surface area is 186 Å². The van der Waals surface area contributed by atoms with Crippen molar-refractivity contribution in [3.8, 4) is 11.5 Å². The van der Waals surface area contributed by atoms with Crippen LogP contribution in [0, 0.1) is 11.8 Å². The number of rotatable bonds is 6. The Morgan fingerprint density at radius 3 is 2.34 bits per heavy atom. The standard InChI is InChI=1S/C25H28F3NO3/c1-31-20-14-18-13-19(23(30)21(18)22(24(20)32-2)25(26,27)28)12-16-8-10-29(11-9-16)15-17-6-4-3-5-7-17/h3-7,14,16,19H,8-13,15H2,1-2H3. The summed E-state index contributed by atoms with van der Waals surface area (Å²) < 4.78 is 51.8. The fourth-order valence-electron chi connectivity index (χ4n) is 5.14. The molecule has 2 aliphatic rings. The van der Waals surface area contributed by atoms with Crippen LogP contribution in [-0.4, -0.2) is 38.0 Å². The number of hydrogen-bond acceptors (Lipinski definition) is 4. The normalized spacial score (nSPS) is 19.8. The second-order valence-corrected chi connectivity index (χ2v) is 8.73. The second-order valence-electron chi connectivity index (χ2n) is 8.73. The van der Waals surface area contributed by atoms with Gasteiger partial charge >= 0.3 is 6.18 Å². The number of ketones is 1. The molecule has 0 saturated carbocycles. The molecule has 1 aliphatic heterocycles. The summed E-state index contributed by atoms with van der Waals surface area (Å²) in [4.78, 5) is 15.5. The van der Waals surface area contributed by atoms with Crippen LogP contribution in [0.4, 0.5) is 13.2 Å². The van der Waals surface area contributed by atoms with Gasteiger partial charge < -0.3 is 9.47 Å². The van der Waals surface area contributed by atoms with Crippen LogP contribution in [0.5, 0.6) is 11.5 Å². The summed E-state index contributed by atoms with van der Waals surface area (Å²) in [6, 6.07) is 11.8. The van der Waals surface area contributed by atoms with Gasteiger partial charge in [-0.1, -0.05) is 30.3 Å². The van der Waals surface area contributed by atoms with E-state index in [1.165, 1.54) is 25.8 Å². The van der Waals surface area contributed by atoms with Crippen molar-refractivity contribution in [2.24, 2.45) is 11.8 Å². The highest BCUT2D eigenvalue weighted by Gasteiger charge is 2.46. The van der Waals surface area contributed by atoms with E-state index in [4.69, 9.17) is 9.47 Å². The molecule has 1 fully saturated rings. The molecule has 4 nitrogen and oxygen atoms in total. The summed E-state index contributed by atoms with van der Waals surface area (Å²) in [6.07, 6.45) is -1.86. The van der Waals surface area contributed by atoms with E-state index in [9.17, 15) is 18.0 Å². The molecule has 0 N–H and O–H groups in total. The van der Waals surface area contributed by atoms with Gasteiger partial charge in [0.2, 0.25) is 0 Å². The molecular weight excluding hydrogens is 419 g/mol. The number of piperidine rings is 1. The number of hydrogen-bond donors (Lipinski definition) is 0. The number of methoxy groups -OCH3 is 2. The molecule has 4 rings (SSSR count). The van der Waals surface area contributed by atoms with Gasteiger partial charge in [-0.2, -0.15) is 13.2 Å². The highest BCUT2D eigenvalue weighted by atomic mass is 19.4. The quantitative estimate of drug-likeness (QED) is 0.596. The minimum absolute atomic E-state index is 0.0150. The number of alkyl halides is 3. The van der Waals surface area contributed by atoms with Crippen molar-refractivity contribution in [2.45, 2.75) is 38.4 Å². The van der Waals surface area contributed by atoms with Crippen LogP contribution < -0.4 is 9.47 Å². The molecule has 1 atom stereocenters. The summed E-state index contributed by atoms with van der Waals surface area (Å²) in [7, 11) is 2.47. The number of Topliss-reactive ketones (excluding diaryl/α,β-unsaturated/α-hetero) is 1. The van der Waals surface area contributed by atoms with E-state index < -0.39 is 29.2 Å². The van der Waals surface area contributed by atoms with Crippen LogP contribution in [0.2, 0.25) is 0 Å². The summed E-state index contributed by atoms with van der Waals surface area (Å²) in [5.74, 6) is -0.903. The molecule has 32 heavy (non-hydrogen) atoms. The zero-order valence-corrected chi connectivity index (χ0v) is 18.4. The predicted octanol–water partition coefficient (Wildman–Crippen LogP) is 5.38. The van der Waals surface area contributed by atoms with E-state index >= 15 is 0 Å². The first kappa shape index (κ1) is 22.6. The Hall–Kier alpha value is -2.54. The van der Waals surface area contributed by atoms with Gasteiger partial charge in [0.1, 0.15) is 5.56 Å². The highest BCUT2D eigenvalue weighted by Crippen LogP contribution is 2.49. The van der Waals surface area contributed by atoms with Gasteiger partial charge in [-0.05, 0) is 61.9 Å². The number of halogens is 3. The number of likely N-dealkylation sites (tertiary alicyclic amines) is 1. The third-order valence-corrected chi connectivity index (χ3v) is 6.69. The van der Waals surface area contributed by atoms with Crippen LogP contribution >= 0.6 is 0 Å². The van der Waals surface area contributed by atoms with Crippen LogP contribution in [0.3, 0.4) is 0 Å². The molecule has 172 valence electrons. The molecule has 1 aliphatic carbocycles. The minimum Gasteiger partial charge on any atom is -0.493 e. The maximum atomic E-state index is 13.9. The topological polar surface area (TPSA) is 38.8 Å². The molecule has 1 unspecified atom stereocenters. The third kappa shape index (κ3) is 4.49. The lowest BCUT2D eigenvalue weighted by Crippen LogP contribution is -2.34. The molecule has 7 heteroatoms. The number of benzene rings is 2. The van der Waals surface area contributed by atoms with Crippen molar-refractivity contribution in [3.63, 3.8) is 0 Å². The van der Waals surface area contributed by atoms with Crippen molar-refractivity contribution in [1.82, 2.24) is 4.90 Å². The smallest absolute Gasteiger partial charge is 0.420 e. The average Bonchev–Trinajstić information content (AvgIpc) is 3.08. The maximum Gasteiger partial charge on any atom is 0.420 e. The molecule has 0 bridgehead atoms. The number of carbonyl (C=O) groups is 1. The van der Waals surface area contributed by atoms with Gasteiger partial charge in [0.15, 0.2) is 17.3 Å². The lowest BCUT2D eigenvalue weighted by Gasteiger charge is -2.33. The molecule has 1 heterocycles. The molecule has 0 amide bonds. The maximum absolute atomic E-state index is 13.9. The van der Waals surface area contributed by atoms with Crippen molar-refractivity contribution < 1.29 is 27.4 Å². The molecule has 2 aromatic carbocycles.